The third kappa shape index (κ3) is 1.95. The van der Waals surface area contributed by atoms with E-state index in [1.807, 2.05) is 6.26 Å². The number of carbonyl (C=O) groups is 1. The van der Waals surface area contributed by atoms with Gasteiger partial charge in [0.15, 0.2) is 17.3 Å². The third-order valence-electron chi connectivity index (χ3n) is 1.68. The molecule has 0 amide bonds. The largest absolute Gasteiger partial charge is 0.504 e. The zero-order valence-corrected chi connectivity index (χ0v) is 8.18. The van der Waals surface area contributed by atoms with E-state index in [1.165, 1.54) is 24.8 Å². The standard InChI is InChI=1S/C9H10O3S/c1-5(10)7-3-6(13-2)4-8(11)9(7)12/h3-4,11-12H,1-2H3. The van der Waals surface area contributed by atoms with Gasteiger partial charge in [0.25, 0.3) is 0 Å². The quantitative estimate of drug-likeness (QED) is 0.433. The molecule has 0 aliphatic heterocycles. The number of hydrogen-bond acceptors (Lipinski definition) is 4. The van der Waals surface area contributed by atoms with E-state index in [9.17, 15) is 15.0 Å². The Morgan fingerprint density at radius 3 is 2.46 bits per heavy atom. The van der Waals surface area contributed by atoms with Crippen molar-refractivity contribution in [2.24, 2.45) is 0 Å². The smallest absolute Gasteiger partial charge is 0.168 e. The number of carbonyl (C=O) groups excluding carboxylic acids is 1. The first-order chi connectivity index (χ1) is 6.06. The lowest BCUT2D eigenvalue weighted by atomic mass is 10.1. The van der Waals surface area contributed by atoms with Crippen molar-refractivity contribution in [3.05, 3.63) is 17.7 Å². The predicted octanol–water partition coefficient (Wildman–Crippen LogP) is 2.02. The van der Waals surface area contributed by atoms with E-state index in [0.29, 0.717) is 0 Å². The second-order valence-electron chi connectivity index (χ2n) is 2.60. The number of ketones is 1. The van der Waals surface area contributed by atoms with Crippen LogP contribution in [0.15, 0.2) is 17.0 Å². The Morgan fingerprint density at radius 2 is 2.00 bits per heavy atom. The molecule has 0 aliphatic rings. The maximum Gasteiger partial charge on any atom is 0.168 e. The first kappa shape index (κ1) is 9.92. The van der Waals surface area contributed by atoms with E-state index < -0.39 is 0 Å². The van der Waals surface area contributed by atoms with Crippen molar-refractivity contribution in [1.29, 1.82) is 0 Å². The van der Waals surface area contributed by atoms with E-state index in [2.05, 4.69) is 0 Å². The van der Waals surface area contributed by atoms with Crippen LogP contribution in [-0.2, 0) is 0 Å². The van der Waals surface area contributed by atoms with Crippen LogP contribution in [0.5, 0.6) is 11.5 Å². The van der Waals surface area contributed by atoms with Crippen molar-refractivity contribution in [3.8, 4) is 11.5 Å². The molecule has 0 aromatic heterocycles. The van der Waals surface area contributed by atoms with Gasteiger partial charge in [-0.05, 0) is 25.3 Å². The molecule has 0 saturated carbocycles. The van der Waals surface area contributed by atoms with E-state index in [4.69, 9.17) is 0 Å². The van der Waals surface area contributed by atoms with Crippen LogP contribution in [0.3, 0.4) is 0 Å². The molecule has 4 heteroatoms. The Kier molecular flexibility index (Phi) is 2.83. The molecule has 0 saturated heterocycles. The molecular weight excluding hydrogens is 188 g/mol. The van der Waals surface area contributed by atoms with E-state index in [0.717, 1.165) is 4.90 Å². The number of hydrogen-bond donors (Lipinski definition) is 2. The SMILES string of the molecule is CSc1cc(O)c(O)c(C(C)=O)c1. The van der Waals surface area contributed by atoms with Crippen LogP contribution in [0, 0.1) is 0 Å². The van der Waals surface area contributed by atoms with Crippen molar-refractivity contribution in [1.82, 2.24) is 0 Å². The number of phenols is 2. The van der Waals surface area contributed by atoms with Gasteiger partial charge in [-0.3, -0.25) is 4.79 Å². The molecular formula is C9H10O3S. The van der Waals surface area contributed by atoms with Gasteiger partial charge in [0.2, 0.25) is 0 Å². The number of Topliss-reactive ketones (excluding diaryl/α,β-unsaturated/α-hetero) is 1. The van der Waals surface area contributed by atoms with E-state index in [1.54, 1.807) is 6.07 Å². The number of thioether (sulfide) groups is 1. The summed E-state index contributed by atoms with van der Waals surface area (Å²) in [6, 6.07) is 2.98. The normalized spacial score (nSPS) is 10.0. The fourth-order valence-corrected chi connectivity index (χ4v) is 1.44. The summed E-state index contributed by atoms with van der Waals surface area (Å²) in [5, 5.41) is 18.6. The maximum atomic E-state index is 11.0. The number of benzene rings is 1. The minimum Gasteiger partial charge on any atom is -0.504 e. The van der Waals surface area contributed by atoms with Crippen LogP contribution in [0.2, 0.25) is 0 Å². The minimum atomic E-state index is -0.342. The van der Waals surface area contributed by atoms with Gasteiger partial charge in [-0.1, -0.05) is 0 Å². The zero-order valence-electron chi connectivity index (χ0n) is 7.37. The highest BCUT2D eigenvalue weighted by atomic mass is 32.2. The van der Waals surface area contributed by atoms with Crippen LogP contribution in [0.1, 0.15) is 17.3 Å². The Bertz CT molecular complexity index is 347. The van der Waals surface area contributed by atoms with Crippen molar-refractivity contribution >= 4 is 17.5 Å². The summed E-state index contributed by atoms with van der Waals surface area (Å²) in [5.74, 6) is -0.856. The maximum absolute atomic E-state index is 11.0. The average molecular weight is 198 g/mol. The van der Waals surface area contributed by atoms with E-state index >= 15 is 0 Å². The minimum absolute atomic E-state index is 0.157. The Hall–Kier alpha value is -1.16. The van der Waals surface area contributed by atoms with Gasteiger partial charge >= 0.3 is 0 Å². The molecule has 0 fully saturated rings. The molecule has 0 atom stereocenters. The molecule has 13 heavy (non-hydrogen) atoms. The molecule has 0 bridgehead atoms. The van der Waals surface area contributed by atoms with Crippen LogP contribution < -0.4 is 0 Å². The fourth-order valence-electron chi connectivity index (χ4n) is 0.980. The highest BCUT2D eigenvalue weighted by Gasteiger charge is 2.12. The molecule has 1 rings (SSSR count). The number of aromatic hydroxyl groups is 2. The van der Waals surface area contributed by atoms with Gasteiger partial charge in [-0.15, -0.1) is 11.8 Å². The third-order valence-corrected chi connectivity index (χ3v) is 2.39. The molecule has 0 unspecified atom stereocenters. The van der Waals surface area contributed by atoms with Gasteiger partial charge in [-0.25, -0.2) is 0 Å². The molecule has 0 spiro atoms. The summed E-state index contributed by atoms with van der Waals surface area (Å²) in [6.45, 7) is 1.35. The molecule has 0 aliphatic carbocycles. The lowest BCUT2D eigenvalue weighted by molar-refractivity contribution is 0.101. The fraction of sp³-hybridized carbons (Fsp3) is 0.222. The lowest BCUT2D eigenvalue weighted by Crippen LogP contribution is -1.93. The topological polar surface area (TPSA) is 57.5 Å². The van der Waals surface area contributed by atoms with Crippen molar-refractivity contribution < 1.29 is 15.0 Å². The Morgan fingerprint density at radius 1 is 1.38 bits per heavy atom. The Balaban J connectivity index is 3.33. The van der Waals surface area contributed by atoms with Crippen molar-refractivity contribution in [3.63, 3.8) is 0 Å². The molecule has 70 valence electrons. The second kappa shape index (κ2) is 3.70. The summed E-state index contributed by atoms with van der Waals surface area (Å²) in [6.07, 6.45) is 1.83. The van der Waals surface area contributed by atoms with Gasteiger partial charge in [-0.2, -0.15) is 0 Å². The molecule has 1 aromatic rings. The highest BCUT2D eigenvalue weighted by Crippen LogP contribution is 2.33. The average Bonchev–Trinajstić information content (AvgIpc) is 2.09. The lowest BCUT2D eigenvalue weighted by Gasteiger charge is -2.05. The first-order valence-electron chi connectivity index (χ1n) is 3.67. The number of phenolic OH excluding ortho intramolecular Hbond substituents is 2. The van der Waals surface area contributed by atoms with Crippen molar-refractivity contribution in [2.75, 3.05) is 6.26 Å². The van der Waals surface area contributed by atoms with Crippen LogP contribution in [-0.4, -0.2) is 22.3 Å². The van der Waals surface area contributed by atoms with Gasteiger partial charge < -0.3 is 10.2 Å². The van der Waals surface area contributed by atoms with Gasteiger partial charge in [0, 0.05) is 4.90 Å². The summed E-state index contributed by atoms with van der Waals surface area (Å²) >= 11 is 1.40. The predicted molar refractivity (Wildman–Crippen MR) is 51.6 cm³/mol. The number of rotatable bonds is 2. The van der Waals surface area contributed by atoms with Crippen LogP contribution in [0.4, 0.5) is 0 Å². The summed E-state index contributed by atoms with van der Waals surface area (Å²) < 4.78 is 0. The van der Waals surface area contributed by atoms with Crippen LogP contribution in [0.25, 0.3) is 0 Å². The van der Waals surface area contributed by atoms with Crippen LogP contribution >= 0.6 is 11.8 Å². The molecule has 3 nitrogen and oxygen atoms in total. The molecule has 0 radical (unpaired) electrons. The summed E-state index contributed by atoms with van der Waals surface area (Å²) in [4.78, 5) is 11.8. The highest BCUT2D eigenvalue weighted by molar-refractivity contribution is 7.98. The molecule has 1 aromatic carbocycles. The summed E-state index contributed by atoms with van der Waals surface area (Å²) in [5.41, 5.74) is 0.157. The van der Waals surface area contributed by atoms with E-state index in [-0.39, 0.29) is 22.8 Å². The summed E-state index contributed by atoms with van der Waals surface area (Å²) in [7, 11) is 0. The zero-order chi connectivity index (χ0) is 10.0. The molecule has 2 N–H and O–H groups in total. The van der Waals surface area contributed by atoms with Gasteiger partial charge in [0.1, 0.15) is 0 Å². The first-order valence-corrected chi connectivity index (χ1v) is 4.89. The van der Waals surface area contributed by atoms with Crippen molar-refractivity contribution in [2.45, 2.75) is 11.8 Å². The molecule has 0 heterocycles. The van der Waals surface area contributed by atoms with Gasteiger partial charge in [0.05, 0.1) is 5.56 Å². The Labute approximate surface area is 80.4 Å². The second-order valence-corrected chi connectivity index (χ2v) is 3.48. The monoisotopic (exact) mass is 198 g/mol.